The van der Waals surface area contributed by atoms with Crippen LogP contribution < -0.4 is 5.32 Å². The molecule has 2 heterocycles. The van der Waals surface area contributed by atoms with E-state index in [4.69, 9.17) is 16.1 Å². The van der Waals surface area contributed by atoms with E-state index in [1.54, 1.807) is 36.5 Å². The van der Waals surface area contributed by atoms with Crippen LogP contribution in [-0.4, -0.2) is 21.0 Å². The lowest BCUT2D eigenvalue weighted by molar-refractivity contribution is -0.116. The van der Waals surface area contributed by atoms with Crippen molar-refractivity contribution in [3.05, 3.63) is 59.6 Å². The summed E-state index contributed by atoms with van der Waals surface area (Å²) in [4.78, 5) is 20.1. The summed E-state index contributed by atoms with van der Waals surface area (Å²) in [5.74, 6) is 1.21. The SMILES string of the molecule is O=C(CCc1nc(-c2cccc(Cl)c2)no1)Nc1ccccn1. The lowest BCUT2D eigenvalue weighted by Gasteiger charge is -2.01. The Kier molecular flexibility index (Phi) is 4.63. The van der Waals surface area contributed by atoms with Crippen molar-refractivity contribution in [2.24, 2.45) is 0 Å². The molecule has 3 rings (SSSR count). The number of nitrogens with one attached hydrogen (secondary N) is 1. The van der Waals surface area contributed by atoms with Crippen molar-refractivity contribution in [1.82, 2.24) is 15.1 Å². The smallest absolute Gasteiger partial charge is 0.227 e. The first-order valence-corrected chi connectivity index (χ1v) is 7.38. The maximum Gasteiger partial charge on any atom is 0.227 e. The largest absolute Gasteiger partial charge is 0.339 e. The van der Waals surface area contributed by atoms with E-state index in [-0.39, 0.29) is 12.3 Å². The fourth-order valence-electron chi connectivity index (χ4n) is 1.96. The molecule has 1 amide bonds. The molecule has 0 saturated heterocycles. The number of aromatic nitrogens is 3. The van der Waals surface area contributed by atoms with Crippen LogP contribution in [0.5, 0.6) is 0 Å². The van der Waals surface area contributed by atoms with Crippen LogP contribution in [0, 0.1) is 0 Å². The second-order valence-electron chi connectivity index (χ2n) is 4.79. The van der Waals surface area contributed by atoms with Crippen LogP contribution in [0.25, 0.3) is 11.4 Å². The van der Waals surface area contributed by atoms with Gasteiger partial charge in [0, 0.05) is 29.6 Å². The van der Waals surface area contributed by atoms with Gasteiger partial charge in [0.15, 0.2) is 0 Å². The van der Waals surface area contributed by atoms with Gasteiger partial charge < -0.3 is 9.84 Å². The zero-order chi connectivity index (χ0) is 16.1. The topological polar surface area (TPSA) is 80.9 Å². The lowest BCUT2D eigenvalue weighted by atomic mass is 10.2. The number of amides is 1. The van der Waals surface area contributed by atoms with Crippen LogP contribution in [-0.2, 0) is 11.2 Å². The molecule has 0 spiro atoms. The third-order valence-electron chi connectivity index (χ3n) is 3.05. The summed E-state index contributed by atoms with van der Waals surface area (Å²) in [6, 6.07) is 12.5. The molecule has 7 heteroatoms. The third-order valence-corrected chi connectivity index (χ3v) is 3.28. The predicted octanol–water partition coefficient (Wildman–Crippen LogP) is 3.36. The van der Waals surface area contributed by atoms with Gasteiger partial charge in [-0.1, -0.05) is 35.0 Å². The monoisotopic (exact) mass is 328 g/mol. The molecule has 0 aliphatic carbocycles. The number of rotatable bonds is 5. The molecule has 6 nitrogen and oxygen atoms in total. The van der Waals surface area contributed by atoms with E-state index in [1.807, 2.05) is 12.1 Å². The molecule has 116 valence electrons. The standard InChI is InChI=1S/C16H13ClN4O2/c17-12-5-3-4-11(10-12)16-20-15(23-21-16)8-7-14(22)19-13-6-1-2-9-18-13/h1-6,9-10H,7-8H2,(H,18,19,22). The summed E-state index contributed by atoms with van der Waals surface area (Å²) in [6.07, 6.45) is 2.20. The van der Waals surface area contributed by atoms with E-state index in [0.717, 1.165) is 5.56 Å². The van der Waals surface area contributed by atoms with Crippen LogP contribution in [0.15, 0.2) is 53.2 Å². The Hall–Kier alpha value is -2.73. The molecule has 23 heavy (non-hydrogen) atoms. The second-order valence-corrected chi connectivity index (χ2v) is 5.22. The molecule has 2 aromatic heterocycles. The highest BCUT2D eigenvalue weighted by atomic mass is 35.5. The number of carbonyl (C=O) groups excluding carboxylic acids is 1. The van der Waals surface area contributed by atoms with Gasteiger partial charge in [0.2, 0.25) is 17.6 Å². The Labute approximate surface area is 137 Å². The van der Waals surface area contributed by atoms with Gasteiger partial charge >= 0.3 is 0 Å². The molecule has 0 aliphatic rings. The number of benzene rings is 1. The minimum Gasteiger partial charge on any atom is -0.339 e. The average molecular weight is 329 g/mol. The number of halogens is 1. The summed E-state index contributed by atoms with van der Waals surface area (Å²) in [6.45, 7) is 0. The Morgan fingerprint density at radius 1 is 1.22 bits per heavy atom. The first-order chi connectivity index (χ1) is 11.2. The van der Waals surface area contributed by atoms with Gasteiger partial charge in [-0.15, -0.1) is 0 Å². The fraction of sp³-hybridized carbons (Fsp3) is 0.125. The van der Waals surface area contributed by atoms with E-state index in [1.165, 1.54) is 0 Å². The molecule has 0 atom stereocenters. The third kappa shape index (κ3) is 4.14. The van der Waals surface area contributed by atoms with Crippen molar-refractivity contribution in [2.75, 3.05) is 5.32 Å². The minimum atomic E-state index is -0.161. The van der Waals surface area contributed by atoms with Crippen molar-refractivity contribution in [3.63, 3.8) is 0 Å². The number of anilines is 1. The zero-order valence-corrected chi connectivity index (χ0v) is 12.8. The highest BCUT2D eigenvalue weighted by Gasteiger charge is 2.11. The molecule has 0 bridgehead atoms. The maximum atomic E-state index is 11.8. The molecule has 3 aromatic rings. The summed E-state index contributed by atoms with van der Waals surface area (Å²) >= 11 is 5.94. The van der Waals surface area contributed by atoms with Crippen LogP contribution in [0.1, 0.15) is 12.3 Å². The van der Waals surface area contributed by atoms with E-state index < -0.39 is 0 Å². The van der Waals surface area contributed by atoms with Crippen molar-refractivity contribution < 1.29 is 9.32 Å². The van der Waals surface area contributed by atoms with E-state index in [2.05, 4.69) is 20.4 Å². The number of carbonyl (C=O) groups is 1. The molecule has 0 aliphatic heterocycles. The number of pyridine rings is 1. The molecule has 0 saturated carbocycles. The molecule has 0 radical (unpaired) electrons. The summed E-state index contributed by atoms with van der Waals surface area (Å²) < 4.78 is 5.16. The number of hydrogen-bond donors (Lipinski definition) is 1. The molecular formula is C16H13ClN4O2. The Morgan fingerprint density at radius 2 is 2.13 bits per heavy atom. The highest BCUT2D eigenvalue weighted by Crippen LogP contribution is 2.20. The Morgan fingerprint density at radius 3 is 2.91 bits per heavy atom. The number of hydrogen-bond acceptors (Lipinski definition) is 5. The predicted molar refractivity (Wildman–Crippen MR) is 85.9 cm³/mol. The normalized spacial score (nSPS) is 10.5. The van der Waals surface area contributed by atoms with Crippen LogP contribution in [0.4, 0.5) is 5.82 Å². The number of aryl methyl sites for hydroxylation is 1. The quantitative estimate of drug-likeness (QED) is 0.776. The second kappa shape index (κ2) is 7.02. The zero-order valence-electron chi connectivity index (χ0n) is 12.1. The maximum absolute atomic E-state index is 11.8. The molecule has 0 fully saturated rings. The van der Waals surface area contributed by atoms with E-state index in [9.17, 15) is 4.79 Å². The van der Waals surface area contributed by atoms with Crippen LogP contribution >= 0.6 is 11.6 Å². The van der Waals surface area contributed by atoms with Gasteiger partial charge in [-0.05, 0) is 24.3 Å². The molecule has 1 aromatic carbocycles. The first-order valence-electron chi connectivity index (χ1n) is 7.00. The van der Waals surface area contributed by atoms with Gasteiger partial charge in [-0.25, -0.2) is 4.98 Å². The lowest BCUT2D eigenvalue weighted by Crippen LogP contribution is -2.13. The van der Waals surface area contributed by atoms with E-state index >= 15 is 0 Å². The van der Waals surface area contributed by atoms with Crippen LogP contribution in [0.3, 0.4) is 0 Å². The van der Waals surface area contributed by atoms with E-state index in [0.29, 0.717) is 29.0 Å². The molecular weight excluding hydrogens is 316 g/mol. The number of nitrogens with zero attached hydrogens (tertiary/aromatic N) is 3. The van der Waals surface area contributed by atoms with Gasteiger partial charge in [0.1, 0.15) is 5.82 Å². The van der Waals surface area contributed by atoms with Gasteiger partial charge in [-0.3, -0.25) is 4.79 Å². The Balaban J connectivity index is 1.58. The Bertz CT molecular complexity index is 805. The first kappa shape index (κ1) is 15.2. The van der Waals surface area contributed by atoms with Gasteiger partial charge in [0.25, 0.3) is 0 Å². The summed E-state index contributed by atoms with van der Waals surface area (Å²) in [5.41, 5.74) is 0.769. The summed E-state index contributed by atoms with van der Waals surface area (Å²) in [7, 11) is 0. The average Bonchev–Trinajstić information content (AvgIpc) is 3.03. The van der Waals surface area contributed by atoms with Crippen molar-refractivity contribution in [2.45, 2.75) is 12.8 Å². The minimum absolute atomic E-state index is 0.161. The summed E-state index contributed by atoms with van der Waals surface area (Å²) in [5, 5.41) is 7.20. The fourth-order valence-corrected chi connectivity index (χ4v) is 2.15. The van der Waals surface area contributed by atoms with Crippen molar-refractivity contribution in [1.29, 1.82) is 0 Å². The van der Waals surface area contributed by atoms with Gasteiger partial charge in [-0.2, -0.15) is 4.98 Å². The van der Waals surface area contributed by atoms with Crippen molar-refractivity contribution in [3.8, 4) is 11.4 Å². The van der Waals surface area contributed by atoms with Gasteiger partial charge in [0.05, 0.1) is 0 Å². The van der Waals surface area contributed by atoms with Crippen molar-refractivity contribution >= 4 is 23.3 Å². The molecule has 0 unspecified atom stereocenters. The molecule has 1 N–H and O–H groups in total. The highest BCUT2D eigenvalue weighted by molar-refractivity contribution is 6.30. The van der Waals surface area contributed by atoms with Crippen LogP contribution in [0.2, 0.25) is 5.02 Å².